The zero-order valence-electron chi connectivity index (χ0n) is 11.8. The number of hydrogen-bond donors (Lipinski definition) is 1. The largest absolute Gasteiger partial charge is 0.399 e. The summed E-state index contributed by atoms with van der Waals surface area (Å²) in [7, 11) is 0. The Labute approximate surface area is 118 Å². The van der Waals surface area contributed by atoms with E-state index in [1.165, 1.54) is 0 Å². The molecule has 1 aliphatic rings. The first kappa shape index (κ1) is 13.1. The average Bonchev–Trinajstić information content (AvgIpc) is 3.06. The van der Waals surface area contributed by atoms with E-state index in [4.69, 9.17) is 15.0 Å². The smallest absolute Gasteiger partial charge is 0.258 e. The highest BCUT2D eigenvalue weighted by molar-refractivity contribution is 5.66. The number of aromatic nitrogens is 2. The highest BCUT2D eigenvalue weighted by Gasteiger charge is 2.20. The summed E-state index contributed by atoms with van der Waals surface area (Å²) in [6.07, 6.45) is 3.12. The molecule has 2 aromatic rings. The average molecular weight is 273 g/mol. The van der Waals surface area contributed by atoms with Crippen LogP contribution in [0, 0.1) is 13.8 Å². The molecule has 1 unspecified atom stereocenters. The Morgan fingerprint density at radius 2 is 2.20 bits per heavy atom. The molecule has 1 fully saturated rings. The molecule has 20 heavy (non-hydrogen) atoms. The van der Waals surface area contributed by atoms with Gasteiger partial charge in [-0.15, -0.1) is 0 Å². The monoisotopic (exact) mass is 273 g/mol. The van der Waals surface area contributed by atoms with Crippen LogP contribution in [-0.4, -0.2) is 22.9 Å². The van der Waals surface area contributed by atoms with E-state index < -0.39 is 0 Å². The third-order valence-electron chi connectivity index (χ3n) is 3.82. The van der Waals surface area contributed by atoms with E-state index in [0.29, 0.717) is 23.8 Å². The maximum atomic E-state index is 5.89. The van der Waals surface area contributed by atoms with Crippen LogP contribution >= 0.6 is 0 Å². The summed E-state index contributed by atoms with van der Waals surface area (Å²) in [5.41, 5.74) is 9.76. The summed E-state index contributed by atoms with van der Waals surface area (Å²) in [6.45, 7) is 4.90. The first-order chi connectivity index (χ1) is 9.63. The summed E-state index contributed by atoms with van der Waals surface area (Å²) >= 11 is 0. The van der Waals surface area contributed by atoms with E-state index in [1.807, 2.05) is 26.0 Å². The lowest BCUT2D eigenvalue weighted by Gasteiger charge is -2.06. The van der Waals surface area contributed by atoms with Gasteiger partial charge in [-0.2, -0.15) is 4.98 Å². The second kappa shape index (κ2) is 5.25. The molecule has 2 heterocycles. The van der Waals surface area contributed by atoms with Crippen LogP contribution in [0.2, 0.25) is 0 Å². The predicted molar refractivity (Wildman–Crippen MR) is 76.3 cm³/mol. The highest BCUT2D eigenvalue weighted by atomic mass is 16.5. The van der Waals surface area contributed by atoms with Gasteiger partial charge in [0.25, 0.3) is 5.89 Å². The highest BCUT2D eigenvalue weighted by Crippen LogP contribution is 2.27. The van der Waals surface area contributed by atoms with E-state index in [0.717, 1.165) is 36.1 Å². The second-order valence-corrected chi connectivity index (χ2v) is 5.37. The molecule has 0 radical (unpaired) electrons. The number of ether oxygens (including phenoxy) is 1. The lowest BCUT2D eigenvalue weighted by Crippen LogP contribution is -2.09. The van der Waals surface area contributed by atoms with Gasteiger partial charge in [-0.3, -0.25) is 0 Å². The molecule has 1 atom stereocenters. The van der Waals surface area contributed by atoms with Gasteiger partial charge in [-0.05, 0) is 49.9 Å². The predicted octanol–water partition coefficient (Wildman–Crippen LogP) is 2.66. The fraction of sp³-hybridized carbons (Fsp3) is 0.467. The molecule has 0 amide bonds. The Balaban J connectivity index is 1.86. The molecule has 1 saturated heterocycles. The summed E-state index contributed by atoms with van der Waals surface area (Å²) in [4.78, 5) is 4.47. The normalized spacial score (nSPS) is 18.6. The van der Waals surface area contributed by atoms with Crippen LogP contribution in [0.4, 0.5) is 5.69 Å². The number of aryl methyl sites for hydroxylation is 1. The van der Waals surface area contributed by atoms with Crippen LogP contribution < -0.4 is 5.73 Å². The van der Waals surface area contributed by atoms with Gasteiger partial charge in [-0.25, -0.2) is 0 Å². The number of rotatable bonds is 3. The molecule has 2 N–H and O–H groups in total. The third-order valence-corrected chi connectivity index (χ3v) is 3.82. The summed E-state index contributed by atoms with van der Waals surface area (Å²) in [5, 5.41) is 4.05. The van der Waals surface area contributed by atoms with Crippen molar-refractivity contribution in [3.63, 3.8) is 0 Å². The fourth-order valence-corrected chi connectivity index (χ4v) is 2.56. The topological polar surface area (TPSA) is 74.2 Å². The number of hydrogen-bond acceptors (Lipinski definition) is 5. The SMILES string of the molecule is Cc1cc(N)cc(-c2nc(CC3CCCO3)no2)c1C. The van der Waals surface area contributed by atoms with E-state index in [9.17, 15) is 0 Å². The van der Waals surface area contributed by atoms with Gasteiger partial charge < -0.3 is 15.0 Å². The minimum absolute atomic E-state index is 0.226. The lowest BCUT2D eigenvalue weighted by molar-refractivity contribution is 0.109. The van der Waals surface area contributed by atoms with Crippen molar-refractivity contribution in [3.05, 3.63) is 29.1 Å². The maximum Gasteiger partial charge on any atom is 0.258 e. The summed E-state index contributed by atoms with van der Waals surface area (Å²) in [5.74, 6) is 1.23. The van der Waals surface area contributed by atoms with E-state index >= 15 is 0 Å². The van der Waals surface area contributed by atoms with Gasteiger partial charge in [0, 0.05) is 24.3 Å². The minimum Gasteiger partial charge on any atom is -0.399 e. The van der Waals surface area contributed by atoms with Crippen LogP contribution in [0.5, 0.6) is 0 Å². The second-order valence-electron chi connectivity index (χ2n) is 5.37. The Kier molecular flexibility index (Phi) is 3.44. The zero-order valence-corrected chi connectivity index (χ0v) is 11.8. The number of benzene rings is 1. The first-order valence-corrected chi connectivity index (χ1v) is 6.95. The van der Waals surface area contributed by atoms with Crippen molar-refractivity contribution in [1.29, 1.82) is 0 Å². The first-order valence-electron chi connectivity index (χ1n) is 6.95. The minimum atomic E-state index is 0.226. The maximum absolute atomic E-state index is 5.89. The van der Waals surface area contributed by atoms with E-state index in [-0.39, 0.29) is 6.10 Å². The van der Waals surface area contributed by atoms with Crippen LogP contribution in [0.3, 0.4) is 0 Å². The van der Waals surface area contributed by atoms with E-state index in [1.54, 1.807) is 0 Å². The summed E-state index contributed by atoms with van der Waals surface area (Å²) < 4.78 is 11.0. The number of nitrogens with two attached hydrogens (primary N) is 1. The molecule has 0 bridgehead atoms. The van der Waals surface area contributed by atoms with Gasteiger partial charge in [-0.1, -0.05) is 5.16 Å². The molecule has 1 aromatic heterocycles. The van der Waals surface area contributed by atoms with Gasteiger partial charge in [0.2, 0.25) is 0 Å². The molecule has 0 saturated carbocycles. The van der Waals surface area contributed by atoms with Gasteiger partial charge in [0.05, 0.1) is 6.10 Å². The molecule has 5 nitrogen and oxygen atoms in total. The van der Waals surface area contributed by atoms with Crippen molar-refractivity contribution in [3.8, 4) is 11.5 Å². The van der Waals surface area contributed by atoms with Crippen LogP contribution in [0.1, 0.15) is 29.8 Å². The molecule has 106 valence electrons. The molecular formula is C15H19N3O2. The fourth-order valence-electron chi connectivity index (χ4n) is 2.56. The van der Waals surface area contributed by atoms with Gasteiger partial charge >= 0.3 is 0 Å². The molecule has 5 heteroatoms. The Morgan fingerprint density at radius 1 is 1.35 bits per heavy atom. The molecule has 0 aliphatic carbocycles. The van der Waals surface area contributed by atoms with Gasteiger partial charge in [0.1, 0.15) is 0 Å². The molecule has 1 aliphatic heterocycles. The van der Waals surface area contributed by atoms with Crippen LogP contribution in [0.25, 0.3) is 11.5 Å². The van der Waals surface area contributed by atoms with Crippen LogP contribution in [0.15, 0.2) is 16.7 Å². The van der Waals surface area contributed by atoms with E-state index in [2.05, 4.69) is 10.1 Å². The van der Waals surface area contributed by atoms with Gasteiger partial charge in [0.15, 0.2) is 5.82 Å². The van der Waals surface area contributed by atoms with Crippen molar-refractivity contribution in [1.82, 2.24) is 10.1 Å². The standard InChI is InChI=1S/C15H19N3O2/c1-9-6-11(16)7-13(10(9)2)15-17-14(18-20-15)8-12-4-3-5-19-12/h6-7,12H,3-5,8,16H2,1-2H3. The van der Waals surface area contributed by atoms with Crippen molar-refractivity contribution in [2.75, 3.05) is 12.3 Å². The Morgan fingerprint density at radius 3 is 2.95 bits per heavy atom. The number of nitrogens with zero attached hydrogens (tertiary/aromatic N) is 2. The third kappa shape index (κ3) is 2.54. The Hall–Kier alpha value is -1.88. The molecule has 0 spiro atoms. The molecular weight excluding hydrogens is 254 g/mol. The molecule has 3 rings (SSSR count). The zero-order chi connectivity index (χ0) is 14.1. The Bertz CT molecular complexity index is 616. The number of anilines is 1. The van der Waals surface area contributed by atoms with Crippen molar-refractivity contribution in [2.45, 2.75) is 39.2 Å². The van der Waals surface area contributed by atoms with Crippen molar-refractivity contribution < 1.29 is 9.26 Å². The quantitative estimate of drug-likeness (QED) is 0.870. The summed E-state index contributed by atoms with van der Waals surface area (Å²) in [6, 6.07) is 3.83. The lowest BCUT2D eigenvalue weighted by atomic mass is 10.0. The van der Waals surface area contributed by atoms with Crippen LogP contribution in [-0.2, 0) is 11.2 Å². The van der Waals surface area contributed by atoms with Crippen molar-refractivity contribution in [2.24, 2.45) is 0 Å². The number of nitrogen functional groups attached to an aromatic ring is 1. The van der Waals surface area contributed by atoms with Crippen molar-refractivity contribution >= 4 is 5.69 Å². The molecule has 1 aromatic carbocycles.